The number of nitrogens with two attached hydrogens (primary N) is 1. The number of aryl methyl sites for hydroxylation is 1. The van der Waals surface area contributed by atoms with Gasteiger partial charge < -0.3 is 5.73 Å². The molecule has 0 atom stereocenters. The van der Waals surface area contributed by atoms with Crippen molar-refractivity contribution in [2.45, 2.75) is 13.5 Å². The van der Waals surface area contributed by atoms with Gasteiger partial charge in [0.15, 0.2) is 9.84 Å². The van der Waals surface area contributed by atoms with Gasteiger partial charge in [-0.05, 0) is 0 Å². The van der Waals surface area contributed by atoms with E-state index in [9.17, 15) is 8.42 Å². The third-order valence-corrected chi connectivity index (χ3v) is 4.39. The van der Waals surface area contributed by atoms with E-state index in [0.29, 0.717) is 6.54 Å². The first-order valence-corrected chi connectivity index (χ1v) is 7.63. The summed E-state index contributed by atoms with van der Waals surface area (Å²) < 4.78 is 24.4. The van der Waals surface area contributed by atoms with Gasteiger partial charge in [-0.1, -0.05) is 6.92 Å². The smallest absolute Gasteiger partial charge is 0.219 e. The van der Waals surface area contributed by atoms with E-state index in [-0.39, 0.29) is 17.5 Å². The minimum absolute atomic E-state index is 0.0862. The Morgan fingerprint density at radius 2 is 1.89 bits per heavy atom. The number of nitrogen functional groups attached to an aromatic ring is 1. The van der Waals surface area contributed by atoms with Crippen LogP contribution in [-0.4, -0.2) is 39.7 Å². The molecule has 0 aliphatic rings. The Morgan fingerprint density at radius 3 is 2.53 bits per heavy atom. The Labute approximate surface area is 111 Å². The first-order chi connectivity index (χ1) is 9.00. The van der Waals surface area contributed by atoms with E-state index in [4.69, 9.17) is 5.73 Å². The zero-order valence-corrected chi connectivity index (χ0v) is 11.3. The molecule has 0 amide bonds. The molecular weight excluding hydrogens is 266 g/mol. The maximum absolute atomic E-state index is 11.4. The Bertz CT molecular complexity index is 648. The highest BCUT2D eigenvalue weighted by Crippen LogP contribution is 2.16. The maximum atomic E-state index is 11.4. The molecule has 0 saturated carbocycles. The summed E-state index contributed by atoms with van der Waals surface area (Å²) >= 11 is 0. The van der Waals surface area contributed by atoms with E-state index in [1.165, 1.54) is 0 Å². The largest absolute Gasteiger partial charge is 0.368 e. The average molecular weight is 281 g/mol. The lowest BCUT2D eigenvalue weighted by Gasteiger charge is -2.01. The molecule has 7 nitrogen and oxygen atoms in total. The summed E-state index contributed by atoms with van der Waals surface area (Å²) in [5, 5.41) is 4.12. The SMILES string of the molecule is CCS(=O)(=O)CCn1cc(-c2cnc(N)nc2)cn1. The van der Waals surface area contributed by atoms with Crippen LogP contribution in [0, 0.1) is 0 Å². The Kier molecular flexibility index (Phi) is 3.79. The number of anilines is 1. The lowest BCUT2D eigenvalue weighted by molar-refractivity contribution is 0.582. The summed E-state index contributed by atoms with van der Waals surface area (Å²) in [6, 6.07) is 0. The van der Waals surface area contributed by atoms with Gasteiger partial charge >= 0.3 is 0 Å². The summed E-state index contributed by atoms with van der Waals surface area (Å²) in [5.41, 5.74) is 7.03. The highest BCUT2D eigenvalue weighted by atomic mass is 32.2. The molecule has 0 aliphatic carbocycles. The monoisotopic (exact) mass is 281 g/mol. The van der Waals surface area contributed by atoms with Crippen LogP contribution in [0.2, 0.25) is 0 Å². The van der Waals surface area contributed by atoms with E-state index >= 15 is 0 Å². The quantitative estimate of drug-likeness (QED) is 0.848. The highest BCUT2D eigenvalue weighted by Gasteiger charge is 2.09. The van der Waals surface area contributed by atoms with Crippen LogP contribution in [0.5, 0.6) is 0 Å². The molecule has 0 bridgehead atoms. The van der Waals surface area contributed by atoms with Crippen molar-refractivity contribution in [2.75, 3.05) is 17.2 Å². The molecule has 102 valence electrons. The van der Waals surface area contributed by atoms with Crippen molar-refractivity contribution >= 4 is 15.8 Å². The second-order valence-corrected chi connectivity index (χ2v) is 6.53. The van der Waals surface area contributed by atoms with Gasteiger partial charge in [0, 0.05) is 35.5 Å². The van der Waals surface area contributed by atoms with Crippen LogP contribution >= 0.6 is 0 Å². The molecule has 2 aromatic rings. The number of aromatic nitrogens is 4. The molecule has 8 heteroatoms. The van der Waals surface area contributed by atoms with Crippen LogP contribution in [0.25, 0.3) is 11.1 Å². The van der Waals surface area contributed by atoms with Gasteiger partial charge in [0.2, 0.25) is 5.95 Å². The summed E-state index contributed by atoms with van der Waals surface area (Å²) in [5.74, 6) is 0.445. The third kappa shape index (κ3) is 3.50. The fourth-order valence-electron chi connectivity index (χ4n) is 1.50. The number of hydrogen-bond acceptors (Lipinski definition) is 6. The molecule has 0 saturated heterocycles. The lowest BCUT2D eigenvalue weighted by atomic mass is 10.2. The first-order valence-electron chi connectivity index (χ1n) is 5.81. The molecule has 0 fully saturated rings. The minimum Gasteiger partial charge on any atom is -0.368 e. The average Bonchev–Trinajstić information content (AvgIpc) is 2.86. The lowest BCUT2D eigenvalue weighted by Crippen LogP contribution is -2.14. The normalized spacial score (nSPS) is 11.6. The van der Waals surface area contributed by atoms with Crippen molar-refractivity contribution in [3.05, 3.63) is 24.8 Å². The first kappa shape index (κ1) is 13.5. The minimum atomic E-state index is -2.98. The predicted octanol–water partition coefficient (Wildman–Crippen LogP) is 0.357. The van der Waals surface area contributed by atoms with Crippen molar-refractivity contribution in [1.82, 2.24) is 19.7 Å². The summed E-state index contributed by atoms with van der Waals surface area (Å²) in [4.78, 5) is 7.79. The van der Waals surface area contributed by atoms with Crippen LogP contribution in [0.3, 0.4) is 0 Å². The van der Waals surface area contributed by atoms with Gasteiger partial charge in [-0.3, -0.25) is 4.68 Å². The zero-order valence-electron chi connectivity index (χ0n) is 10.5. The molecule has 0 radical (unpaired) electrons. The van der Waals surface area contributed by atoms with Gasteiger partial charge in [-0.2, -0.15) is 5.10 Å². The molecule has 0 unspecified atom stereocenters. The van der Waals surface area contributed by atoms with Crippen molar-refractivity contribution < 1.29 is 8.42 Å². The summed E-state index contributed by atoms with van der Waals surface area (Å²) in [6.45, 7) is 1.97. The molecule has 0 aliphatic heterocycles. The van der Waals surface area contributed by atoms with Gasteiger partial charge in [0.05, 0.1) is 18.5 Å². The van der Waals surface area contributed by atoms with Crippen LogP contribution in [-0.2, 0) is 16.4 Å². The zero-order chi connectivity index (χ0) is 13.9. The molecular formula is C11H15N5O2S. The van der Waals surface area contributed by atoms with Gasteiger partial charge in [-0.25, -0.2) is 18.4 Å². The van der Waals surface area contributed by atoms with Crippen molar-refractivity contribution in [3.63, 3.8) is 0 Å². The fraction of sp³-hybridized carbons (Fsp3) is 0.364. The van der Waals surface area contributed by atoms with Crippen LogP contribution in [0.15, 0.2) is 24.8 Å². The molecule has 19 heavy (non-hydrogen) atoms. The standard InChI is InChI=1S/C11H15N5O2S/c1-2-19(17,18)4-3-16-8-10(7-15-16)9-5-13-11(12)14-6-9/h5-8H,2-4H2,1H3,(H2,12,13,14). The third-order valence-electron chi connectivity index (χ3n) is 2.71. The number of nitrogens with zero attached hydrogens (tertiary/aromatic N) is 4. The number of rotatable bonds is 5. The van der Waals surface area contributed by atoms with Crippen LogP contribution < -0.4 is 5.73 Å². The van der Waals surface area contributed by atoms with Gasteiger partial charge in [-0.15, -0.1) is 0 Å². The molecule has 0 aromatic carbocycles. The maximum Gasteiger partial charge on any atom is 0.219 e. The van der Waals surface area contributed by atoms with Crippen LogP contribution in [0.1, 0.15) is 6.92 Å². The molecule has 0 spiro atoms. The van der Waals surface area contributed by atoms with E-state index in [0.717, 1.165) is 11.1 Å². The number of sulfone groups is 1. The van der Waals surface area contributed by atoms with Crippen molar-refractivity contribution in [2.24, 2.45) is 0 Å². The molecule has 2 N–H and O–H groups in total. The van der Waals surface area contributed by atoms with Crippen molar-refractivity contribution in [3.8, 4) is 11.1 Å². The molecule has 2 aromatic heterocycles. The van der Waals surface area contributed by atoms with Gasteiger partial charge in [0.25, 0.3) is 0 Å². The summed E-state index contributed by atoms with van der Waals surface area (Å²) in [7, 11) is -2.98. The van der Waals surface area contributed by atoms with Gasteiger partial charge in [0.1, 0.15) is 0 Å². The Hall–Kier alpha value is -1.96. The summed E-state index contributed by atoms with van der Waals surface area (Å²) in [6.07, 6.45) is 6.62. The fourth-order valence-corrected chi connectivity index (χ4v) is 2.25. The van der Waals surface area contributed by atoms with E-state index in [1.807, 2.05) is 0 Å². The van der Waals surface area contributed by atoms with Crippen molar-refractivity contribution in [1.29, 1.82) is 0 Å². The van der Waals surface area contributed by atoms with E-state index < -0.39 is 9.84 Å². The predicted molar refractivity (Wildman–Crippen MR) is 72.0 cm³/mol. The highest BCUT2D eigenvalue weighted by molar-refractivity contribution is 7.91. The molecule has 2 heterocycles. The second-order valence-electron chi connectivity index (χ2n) is 4.06. The Morgan fingerprint density at radius 1 is 1.21 bits per heavy atom. The molecule has 2 rings (SSSR count). The van der Waals surface area contributed by atoms with E-state index in [1.54, 1.807) is 36.4 Å². The topological polar surface area (TPSA) is 104 Å². The number of hydrogen-bond donors (Lipinski definition) is 1. The van der Waals surface area contributed by atoms with Crippen LogP contribution in [0.4, 0.5) is 5.95 Å². The second kappa shape index (κ2) is 5.35. The Balaban J connectivity index is 2.09. The van der Waals surface area contributed by atoms with E-state index in [2.05, 4.69) is 15.1 Å².